The maximum Gasteiger partial charge on any atom is 0.416 e. The highest BCUT2D eigenvalue weighted by atomic mass is 19.4. The first-order valence-electron chi connectivity index (χ1n) is 14.7. The highest BCUT2D eigenvalue weighted by molar-refractivity contribution is 5.92. The number of nitrogens with zero attached hydrogens (tertiary/aromatic N) is 4. The molecule has 8 nitrogen and oxygen atoms in total. The molecule has 0 N–H and O–H groups in total. The Morgan fingerprint density at radius 1 is 0.870 bits per heavy atom. The van der Waals surface area contributed by atoms with Crippen LogP contribution in [-0.4, -0.2) is 92.1 Å². The molecule has 2 aromatic rings. The van der Waals surface area contributed by atoms with Gasteiger partial charge in [0, 0.05) is 64.4 Å². The third-order valence-corrected chi connectivity index (χ3v) is 8.57. The lowest BCUT2D eigenvalue weighted by Crippen LogP contribution is -2.48. The number of carbonyl (C=O) groups excluding carboxylic acids is 3. The predicted octanol–water partition coefficient (Wildman–Crippen LogP) is 5.62. The predicted molar refractivity (Wildman–Crippen MR) is 153 cm³/mol. The van der Waals surface area contributed by atoms with Gasteiger partial charge in [0.15, 0.2) is 0 Å². The average Bonchev–Trinajstić information content (AvgIpc) is 3.47. The van der Waals surface area contributed by atoms with E-state index >= 15 is 0 Å². The van der Waals surface area contributed by atoms with E-state index in [1.165, 1.54) is 36.2 Å². The number of carbonyl (C=O) groups is 3. The Hall–Kier alpha value is -3.88. The molecule has 4 amide bonds. The summed E-state index contributed by atoms with van der Waals surface area (Å²) >= 11 is 0. The van der Waals surface area contributed by atoms with Gasteiger partial charge in [-0.25, -0.2) is 9.18 Å². The first kappa shape index (κ1) is 35.0. The van der Waals surface area contributed by atoms with E-state index in [-0.39, 0.29) is 37.6 Å². The zero-order chi connectivity index (χ0) is 34.0. The second-order valence-electron chi connectivity index (χ2n) is 11.5. The van der Waals surface area contributed by atoms with Crippen LogP contribution in [0.1, 0.15) is 42.4 Å². The van der Waals surface area contributed by atoms with E-state index in [1.807, 2.05) is 0 Å². The number of likely N-dealkylation sites (N-methyl/N-ethyl adjacent to an activating group) is 1. The fourth-order valence-electron chi connectivity index (χ4n) is 5.93. The van der Waals surface area contributed by atoms with Gasteiger partial charge in [0.2, 0.25) is 11.8 Å². The highest BCUT2D eigenvalue weighted by Gasteiger charge is 2.43. The summed E-state index contributed by atoms with van der Waals surface area (Å²) in [5.41, 5.74) is -3.15. The number of likely N-dealkylation sites (tertiary alicyclic amines) is 2. The standard InChI is InChI=1S/C31H35F7N4O4/c1-4-46-18-27(43)41-11-9-20(10-12-41)28(44)42-16-25(19-5-7-23(32)8-6-19)26(17-42)40(3)29(45)39(2)24-14-21(30(33,34)35)13-22(15-24)31(36,37)38/h5-8,13-15,20,25-26H,4,9-12,16-18H2,1-3H3/t25-,26+/m0/s1. The second-order valence-corrected chi connectivity index (χ2v) is 11.5. The number of ether oxygens (including phenoxy) is 1. The van der Waals surface area contributed by atoms with Gasteiger partial charge in [0.1, 0.15) is 12.4 Å². The molecule has 2 heterocycles. The van der Waals surface area contributed by atoms with Crippen molar-refractivity contribution >= 4 is 23.5 Å². The summed E-state index contributed by atoms with van der Waals surface area (Å²) in [5, 5.41) is 0. The van der Waals surface area contributed by atoms with Crippen LogP contribution < -0.4 is 4.90 Å². The van der Waals surface area contributed by atoms with Gasteiger partial charge >= 0.3 is 18.4 Å². The molecule has 0 aromatic heterocycles. The molecule has 0 unspecified atom stereocenters. The van der Waals surface area contributed by atoms with Gasteiger partial charge in [-0.05, 0) is 55.7 Å². The van der Waals surface area contributed by atoms with E-state index in [2.05, 4.69) is 0 Å². The molecular formula is C31H35F7N4O4. The van der Waals surface area contributed by atoms with Crippen LogP contribution in [-0.2, 0) is 26.7 Å². The van der Waals surface area contributed by atoms with Crippen LogP contribution in [0.3, 0.4) is 0 Å². The van der Waals surface area contributed by atoms with Crippen LogP contribution in [0, 0.1) is 11.7 Å². The summed E-state index contributed by atoms with van der Waals surface area (Å²) in [6.45, 7) is 3.02. The topological polar surface area (TPSA) is 73.4 Å². The molecule has 2 aliphatic heterocycles. The molecule has 46 heavy (non-hydrogen) atoms. The summed E-state index contributed by atoms with van der Waals surface area (Å²) in [4.78, 5) is 44.7. The van der Waals surface area contributed by atoms with Gasteiger partial charge in [0.25, 0.3) is 0 Å². The van der Waals surface area contributed by atoms with E-state index in [9.17, 15) is 45.1 Å². The lowest BCUT2D eigenvalue weighted by atomic mass is 9.93. The first-order valence-corrected chi connectivity index (χ1v) is 14.7. The third kappa shape index (κ3) is 7.91. The fourth-order valence-corrected chi connectivity index (χ4v) is 5.93. The molecule has 2 saturated heterocycles. The number of anilines is 1. The van der Waals surface area contributed by atoms with Crippen LogP contribution in [0.15, 0.2) is 42.5 Å². The number of benzene rings is 2. The van der Waals surface area contributed by atoms with Crippen molar-refractivity contribution in [1.29, 1.82) is 0 Å². The molecule has 0 saturated carbocycles. The molecule has 0 spiro atoms. The molecule has 15 heteroatoms. The zero-order valence-electron chi connectivity index (χ0n) is 25.5. The minimum absolute atomic E-state index is 0.0179. The van der Waals surface area contributed by atoms with E-state index in [0.717, 1.165) is 7.05 Å². The van der Waals surface area contributed by atoms with Gasteiger partial charge in [-0.1, -0.05) is 12.1 Å². The molecule has 2 fully saturated rings. The lowest BCUT2D eigenvalue weighted by Gasteiger charge is -2.34. The Labute approximate surface area is 261 Å². The van der Waals surface area contributed by atoms with Crippen LogP contribution in [0.2, 0.25) is 0 Å². The molecule has 2 atom stereocenters. The summed E-state index contributed by atoms with van der Waals surface area (Å²) in [5.74, 6) is -1.82. The van der Waals surface area contributed by atoms with Crippen molar-refractivity contribution in [2.45, 2.75) is 44.1 Å². The van der Waals surface area contributed by atoms with Gasteiger partial charge < -0.3 is 19.4 Å². The largest absolute Gasteiger partial charge is 0.416 e. The maximum atomic E-state index is 13.8. The van der Waals surface area contributed by atoms with Gasteiger partial charge in [0.05, 0.1) is 17.2 Å². The summed E-state index contributed by atoms with van der Waals surface area (Å²) in [6, 6.07) is 4.73. The molecule has 0 radical (unpaired) electrons. The minimum atomic E-state index is -5.10. The number of alkyl halides is 6. The summed E-state index contributed by atoms with van der Waals surface area (Å²) in [7, 11) is 2.43. The Kier molecular flexibility index (Phi) is 10.5. The Morgan fingerprint density at radius 3 is 1.96 bits per heavy atom. The fraction of sp³-hybridized carbons (Fsp3) is 0.516. The zero-order valence-corrected chi connectivity index (χ0v) is 25.5. The average molecular weight is 661 g/mol. The number of hydrogen-bond acceptors (Lipinski definition) is 4. The van der Waals surface area contributed by atoms with Crippen molar-refractivity contribution in [2.24, 2.45) is 5.92 Å². The van der Waals surface area contributed by atoms with Crippen LogP contribution in [0.25, 0.3) is 0 Å². The van der Waals surface area contributed by atoms with Crippen LogP contribution in [0.4, 0.5) is 41.2 Å². The smallest absolute Gasteiger partial charge is 0.372 e. The number of amides is 4. The molecule has 2 aliphatic rings. The Balaban J connectivity index is 1.56. The summed E-state index contributed by atoms with van der Waals surface area (Å²) < 4.78 is 99.8. The van der Waals surface area contributed by atoms with Crippen molar-refractivity contribution in [3.8, 4) is 0 Å². The highest BCUT2D eigenvalue weighted by Crippen LogP contribution is 2.39. The van der Waals surface area contributed by atoms with Crippen LogP contribution >= 0.6 is 0 Å². The Morgan fingerprint density at radius 2 is 1.43 bits per heavy atom. The van der Waals surface area contributed by atoms with Crippen molar-refractivity contribution in [2.75, 3.05) is 58.4 Å². The quantitative estimate of drug-likeness (QED) is 0.362. The van der Waals surface area contributed by atoms with Crippen molar-refractivity contribution < 1.29 is 49.9 Å². The molecule has 0 bridgehead atoms. The summed E-state index contributed by atoms with van der Waals surface area (Å²) in [6.07, 6.45) is -9.38. The number of piperidine rings is 1. The molecule has 252 valence electrons. The molecular weight excluding hydrogens is 625 g/mol. The van der Waals surface area contributed by atoms with Crippen molar-refractivity contribution in [1.82, 2.24) is 14.7 Å². The van der Waals surface area contributed by atoms with Gasteiger partial charge in [-0.15, -0.1) is 0 Å². The maximum absolute atomic E-state index is 13.8. The lowest BCUT2D eigenvalue weighted by molar-refractivity contribution is -0.143. The monoisotopic (exact) mass is 660 g/mol. The number of hydrogen-bond donors (Lipinski definition) is 0. The first-order chi connectivity index (χ1) is 21.5. The van der Waals surface area contributed by atoms with Crippen molar-refractivity contribution in [3.05, 3.63) is 65.0 Å². The molecule has 4 rings (SSSR count). The normalized spacial score (nSPS) is 19.3. The number of rotatable bonds is 7. The van der Waals surface area contributed by atoms with Crippen molar-refractivity contribution in [3.63, 3.8) is 0 Å². The van der Waals surface area contributed by atoms with E-state index in [1.54, 1.807) is 16.7 Å². The number of halogens is 7. The SMILES string of the molecule is CCOCC(=O)N1CCC(C(=O)N2C[C@@H](N(C)C(=O)N(C)c3cc(C(F)(F)F)cc(C(F)(F)F)c3)[C@H](c3ccc(F)cc3)C2)CC1. The van der Waals surface area contributed by atoms with E-state index in [4.69, 9.17) is 4.74 Å². The molecule has 0 aliphatic carbocycles. The minimum Gasteiger partial charge on any atom is -0.372 e. The Bertz CT molecular complexity index is 1380. The molecule has 2 aromatic carbocycles. The third-order valence-electron chi connectivity index (χ3n) is 8.57. The number of urea groups is 1. The van der Waals surface area contributed by atoms with E-state index in [0.29, 0.717) is 55.1 Å². The van der Waals surface area contributed by atoms with Gasteiger partial charge in [-0.3, -0.25) is 14.5 Å². The van der Waals surface area contributed by atoms with Crippen LogP contribution in [0.5, 0.6) is 0 Å². The van der Waals surface area contributed by atoms with Gasteiger partial charge in [-0.2, -0.15) is 26.3 Å². The van der Waals surface area contributed by atoms with E-state index < -0.39 is 58.9 Å². The second kappa shape index (κ2) is 13.9.